The van der Waals surface area contributed by atoms with Gasteiger partial charge in [-0.3, -0.25) is 9.59 Å². The first-order valence-corrected chi connectivity index (χ1v) is 11.8. The van der Waals surface area contributed by atoms with E-state index < -0.39 is 11.6 Å². The molecule has 178 valence electrons. The number of hydrogen-bond acceptors (Lipinski definition) is 4. The molecule has 8 heteroatoms. The van der Waals surface area contributed by atoms with Crippen molar-refractivity contribution in [1.29, 1.82) is 0 Å². The average molecular weight is 467 g/mol. The molecule has 2 aromatic rings. The molecule has 3 fully saturated rings. The molecular formula is C26H28F2N4O2. The molecule has 0 radical (unpaired) electrons. The van der Waals surface area contributed by atoms with Gasteiger partial charge in [0, 0.05) is 63.0 Å². The number of anilines is 1. The van der Waals surface area contributed by atoms with Crippen LogP contribution in [0.25, 0.3) is 6.08 Å². The molecule has 1 aromatic carbocycles. The predicted molar refractivity (Wildman–Crippen MR) is 125 cm³/mol. The smallest absolute Gasteiger partial charge is 0.246 e. The quantitative estimate of drug-likeness (QED) is 0.649. The minimum absolute atomic E-state index is 0.00433. The van der Waals surface area contributed by atoms with Crippen LogP contribution in [-0.2, 0) is 9.59 Å². The summed E-state index contributed by atoms with van der Waals surface area (Å²) in [6, 6.07) is 9.03. The van der Waals surface area contributed by atoms with Gasteiger partial charge in [0.25, 0.3) is 0 Å². The molecule has 3 heterocycles. The Hall–Kier alpha value is -3.29. The lowest BCUT2D eigenvalue weighted by molar-refractivity contribution is -0.134. The van der Waals surface area contributed by atoms with E-state index >= 15 is 0 Å². The number of hydrogen-bond donors (Lipinski definition) is 0. The van der Waals surface area contributed by atoms with E-state index in [0.717, 1.165) is 56.4 Å². The minimum atomic E-state index is -0.566. The first-order valence-electron chi connectivity index (χ1n) is 11.8. The highest BCUT2D eigenvalue weighted by Gasteiger charge is 2.59. The normalized spacial score (nSPS) is 21.8. The van der Waals surface area contributed by atoms with Crippen LogP contribution < -0.4 is 4.90 Å². The van der Waals surface area contributed by atoms with E-state index in [0.29, 0.717) is 26.2 Å². The van der Waals surface area contributed by atoms with Crippen LogP contribution in [0.2, 0.25) is 0 Å². The number of rotatable bonds is 4. The van der Waals surface area contributed by atoms with E-state index in [9.17, 15) is 18.4 Å². The van der Waals surface area contributed by atoms with E-state index in [4.69, 9.17) is 0 Å². The second-order valence-corrected chi connectivity index (χ2v) is 9.44. The summed E-state index contributed by atoms with van der Waals surface area (Å²) < 4.78 is 27.1. The molecule has 0 N–H and O–H groups in total. The topological polar surface area (TPSA) is 56.8 Å². The van der Waals surface area contributed by atoms with E-state index in [1.165, 1.54) is 12.2 Å². The summed E-state index contributed by atoms with van der Waals surface area (Å²) in [7, 11) is 0. The monoisotopic (exact) mass is 466 g/mol. The zero-order chi connectivity index (χ0) is 23.7. The highest BCUT2D eigenvalue weighted by Crippen LogP contribution is 2.60. The molecule has 2 aliphatic heterocycles. The SMILES string of the molecule is O=C(C=Cc1cc(F)ccc1F)N1CCC2(CC1)CC2C(=O)N1CCN(c2ccccn2)CC1. The van der Waals surface area contributed by atoms with E-state index in [2.05, 4.69) is 9.88 Å². The molecule has 2 amide bonds. The lowest BCUT2D eigenvalue weighted by atomic mass is 9.90. The maximum absolute atomic E-state index is 13.8. The summed E-state index contributed by atoms with van der Waals surface area (Å²) in [5.74, 6) is -0.0966. The summed E-state index contributed by atoms with van der Waals surface area (Å²) in [5.41, 5.74) is 0.0579. The van der Waals surface area contributed by atoms with Gasteiger partial charge >= 0.3 is 0 Å². The Labute approximate surface area is 197 Å². The molecule has 1 atom stereocenters. The van der Waals surface area contributed by atoms with Crippen molar-refractivity contribution in [1.82, 2.24) is 14.8 Å². The second-order valence-electron chi connectivity index (χ2n) is 9.44. The molecule has 1 unspecified atom stereocenters. The number of benzene rings is 1. The predicted octanol–water partition coefficient (Wildman–Crippen LogP) is 3.35. The number of piperidine rings is 1. The fraction of sp³-hybridized carbons (Fsp3) is 0.423. The van der Waals surface area contributed by atoms with Crippen LogP contribution in [0.3, 0.4) is 0 Å². The Morgan fingerprint density at radius 2 is 1.74 bits per heavy atom. The van der Waals surface area contributed by atoms with Gasteiger partial charge in [-0.15, -0.1) is 0 Å². The van der Waals surface area contributed by atoms with Crippen molar-refractivity contribution in [2.45, 2.75) is 19.3 Å². The van der Waals surface area contributed by atoms with Crippen molar-refractivity contribution in [2.24, 2.45) is 11.3 Å². The number of halogens is 2. The maximum Gasteiger partial charge on any atom is 0.246 e. The molecule has 1 spiro atoms. The van der Waals surface area contributed by atoms with Crippen molar-refractivity contribution in [3.8, 4) is 0 Å². The number of carbonyl (C=O) groups excluding carboxylic acids is 2. The van der Waals surface area contributed by atoms with Gasteiger partial charge in [-0.05, 0) is 61.1 Å². The Balaban J connectivity index is 1.11. The lowest BCUT2D eigenvalue weighted by Crippen LogP contribution is -2.50. The molecule has 6 nitrogen and oxygen atoms in total. The first-order chi connectivity index (χ1) is 16.4. The summed E-state index contributed by atoms with van der Waals surface area (Å²) in [4.78, 5) is 36.0. The van der Waals surface area contributed by atoms with Crippen LogP contribution in [0.5, 0.6) is 0 Å². The summed E-state index contributed by atoms with van der Waals surface area (Å²) in [6.45, 7) is 4.12. The number of pyridine rings is 1. The highest BCUT2D eigenvalue weighted by molar-refractivity contribution is 5.92. The fourth-order valence-corrected chi connectivity index (χ4v) is 5.25. The van der Waals surface area contributed by atoms with Crippen LogP contribution >= 0.6 is 0 Å². The van der Waals surface area contributed by atoms with Gasteiger partial charge in [0.05, 0.1) is 0 Å². The third-order valence-electron chi connectivity index (χ3n) is 7.49. The lowest BCUT2D eigenvalue weighted by Gasteiger charge is -2.37. The zero-order valence-electron chi connectivity index (χ0n) is 19.0. The van der Waals surface area contributed by atoms with Crippen LogP contribution in [0, 0.1) is 23.0 Å². The molecule has 1 aromatic heterocycles. The number of piperazine rings is 1. The average Bonchev–Trinajstić information content (AvgIpc) is 3.57. The largest absolute Gasteiger partial charge is 0.353 e. The van der Waals surface area contributed by atoms with Crippen LogP contribution in [0.4, 0.5) is 14.6 Å². The van der Waals surface area contributed by atoms with Gasteiger partial charge in [0.2, 0.25) is 11.8 Å². The number of carbonyl (C=O) groups is 2. The van der Waals surface area contributed by atoms with Crippen LogP contribution in [-0.4, -0.2) is 65.9 Å². The van der Waals surface area contributed by atoms with Crippen molar-refractivity contribution >= 4 is 23.7 Å². The summed E-state index contributed by atoms with van der Waals surface area (Å²) in [6.07, 6.45) is 6.88. The summed E-state index contributed by atoms with van der Waals surface area (Å²) in [5, 5.41) is 0. The molecule has 2 saturated heterocycles. The zero-order valence-corrected chi connectivity index (χ0v) is 19.0. The molecule has 0 bridgehead atoms. The molecule has 1 saturated carbocycles. The van der Waals surface area contributed by atoms with Crippen molar-refractivity contribution in [3.05, 3.63) is 65.9 Å². The Bertz CT molecular complexity index is 1090. The first kappa shape index (κ1) is 22.5. The fourth-order valence-electron chi connectivity index (χ4n) is 5.25. The third kappa shape index (κ3) is 4.54. The van der Waals surface area contributed by atoms with Gasteiger partial charge in [-0.25, -0.2) is 13.8 Å². The molecule has 3 aliphatic rings. The van der Waals surface area contributed by atoms with Gasteiger partial charge < -0.3 is 14.7 Å². The molecule has 5 rings (SSSR count). The Morgan fingerprint density at radius 3 is 2.44 bits per heavy atom. The van der Waals surface area contributed by atoms with Gasteiger partial charge in [0.15, 0.2) is 0 Å². The number of likely N-dealkylation sites (tertiary alicyclic amines) is 1. The van der Waals surface area contributed by atoms with Crippen LogP contribution in [0.15, 0.2) is 48.7 Å². The molecule has 34 heavy (non-hydrogen) atoms. The molecule has 1 aliphatic carbocycles. The van der Waals surface area contributed by atoms with Gasteiger partial charge in [-0.1, -0.05) is 6.07 Å². The van der Waals surface area contributed by atoms with Crippen LogP contribution in [0.1, 0.15) is 24.8 Å². The van der Waals surface area contributed by atoms with Gasteiger partial charge in [-0.2, -0.15) is 0 Å². The van der Waals surface area contributed by atoms with Crippen molar-refractivity contribution in [2.75, 3.05) is 44.2 Å². The standard InChI is InChI=1S/C26H28F2N4O2/c27-20-5-6-22(28)19(17-20)4-7-24(33)31-11-8-26(9-12-31)18-21(26)25(34)32-15-13-30(14-16-32)23-3-1-2-10-29-23/h1-7,10,17,21H,8-9,11-16,18H2. The van der Waals surface area contributed by atoms with Crippen molar-refractivity contribution < 1.29 is 18.4 Å². The summed E-state index contributed by atoms with van der Waals surface area (Å²) >= 11 is 0. The van der Waals surface area contributed by atoms with E-state index in [-0.39, 0.29) is 28.7 Å². The Kier molecular flexibility index (Phi) is 6.06. The maximum atomic E-state index is 13.8. The molecular weight excluding hydrogens is 438 g/mol. The third-order valence-corrected chi connectivity index (χ3v) is 7.49. The number of amides is 2. The van der Waals surface area contributed by atoms with Gasteiger partial charge in [0.1, 0.15) is 17.5 Å². The van der Waals surface area contributed by atoms with Crippen molar-refractivity contribution in [3.63, 3.8) is 0 Å². The highest BCUT2D eigenvalue weighted by atomic mass is 19.1. The minimum Gasteiger partial charge on any atom is -0.353 e. The van der Waals surface area contributed by atoms with E-state index in [1.807, 2.05) is 23.1 Å². The number of nitrogens with zero attached hydrogens (tertiary/aromatic N) is 4. The Morgan fingerprint density at radius 1 is 0.971 bits per heavy atom. The second kappa shape index (κ2) is 9.16. The number of aromatic nitrogens is 1. The van der Waals surface area contributed by atoms with E-state index in [1.54, 1.807) is 11.1 Å².